The summed E-state index contributed by atoms with van der Waals surface area (Å²) in [6.45, 7) is 3.15. The highest BCUT2D eigenvalue weighted by molar-refractivity contribution is 6.11. The van der Waals surface area contributed by atoms with Crippen LogP contribution in [0.5, 0.6) is 0 Å². The zero-order valence-electron chi connectivity index (χ0n) is 24.5. The Morgan fingerprint density at radius 1 is 0.886 bits per heavy atom. The number of ketones is 1. The van der Waals surface area contributed by atoms with Crippen LogP contribution < -0.4 is 16.7 Å². The van der Waals surface area contributed by atoms with E-state index < -0.39 is 64.5 Å². The second-order valence-corrected chi connectivity index (χ2v) is 11.3. The molecule has 5 atom stereocenters. The number of nitrogens with zero attached hydrogens (tertiary/aromatic N) is 3. The molecule has 44 heavy (non-hydrogen) atoms. The van der Waals surface area contributed by atoms with Crippen molar-refractivity contribution in [1.29, 1.82) is 0 Å². The predicted molar refractivity (Wildman–Crippen MR) is 156 cm³/mol. The number of carbonyl (C=O) groups is 4. The number of Topliss-reactive ketones (excluding diaryl/α,β-unsaturated/α-hetero) is 1. The van der Waals surface area contributed by atoms with E-state index in [1.165, 1.54) is 36.6 Å². The molecule has 2 aromatic carbocycles. The van der Waals surface area contributed by atoms with E-state index in [1.807, 2.05) is 0 Å². The molecule has 0 bridgehead atoms. The maximum Gasteiger partial charge on any atom is 0.352 e. The number of methoxy groups -OCH3 is 2. The van der Waals surface area contributed by atoms with Crippen LogP contribution in [-0.2, 0) is 23.9 Å². The first-order valence-electron chi connectivity index (χ1n) is 14.1. The Hall–Kier alpha value is -5.26. The summed E-state index contributed by atoms with van der Waals surface area (Å²) in [5.74, 6) is -4.82. The van der Waals surface area contributed by atoms with Crippen LogP contribution >= 0.6 is 0 Å². The van der Waals surface area contributed by atoms with Crippen LogP contribution in [0, 0.1) is 11.8 Å². The van der Waals surface area contributed by atoms with E-state index in [4.69, 9.17) is 9.47 Å². The van der Waals surface area contributed by atoms with Gasteiger partial charge < -0.3 is 14.8 Å². The zero-order valence-corrected chi connectivity index (χ0v) is 24.5. The number of carbonyl (C=O) groups excluding carboxylic acids is 4. The Balaban J connectivity index is 1.62. The summed E-state index contributed by atoms with van der Waals surface area (Å²) in [6.07, 6.45) is 1.24. The molecule has 0 fully saturated rings. The molecule has 12 nitrogen and oxygen atoms in total. The third-order valence-electron chi connectivity index (χ3n) is 8.93. The first-order chi connectivity index (χ1) is 21.0. The summed E-state index contributed by atoms with van der Waals surface area (Å²) in [7, 11) is 2.38. The molecule has 3 aliphatic rings. The highest BCUT2D eigenvalue weighted by Gasteiger charge is 2.62. The van der Waals surface area contributed by atoms with Crippen molar-refractivity contribution in [1.82, 2.24) is 19.2 Å². The highest BCUT2D eigenvalue weighted by Crippen LogP contribution is 2.54. The molecular weight excluding hydrogens is 568 g/mol. The summed E-state index contributed by atoms with van der Waals surface area (Å²) < 4.78 is 13.7. The van der Waals surface area contributed by atoms with Crippen LogP contribution in [-0.4, -0.2) is 57.3 Å². The van der Waals surface area contributed by atoms with Crippen molar-refractivity contribution in [3.63, 3.8) is 0 Å². The molecule has 0 saturated carbocycles. The van der Waals surface area contributed by atoms with E-state index in [2.05, 4.69) is 5.32 Å². The Labute approximate surface area is 251 Å². The molecule has 1 aromatic heterocycles. The molecule has 1 N–H and O–H groups in total. The number of rotatable bonds is 5. The minimum Gasteiger partial charge on any atom is -0.469 e. The fourth-order valence-electron chi connectivity index (χ4n) is 7.00. The van der Waals surface area contributed by atoms with Crippen molar-refractivity contribution in [2.24, 2.45) is 11.8 Å². The lowest BCUT2D eigenvalue weighted by molar-refractivity contribution is -0.146. The van der Waals surface area contributed by atoms with Crippen LogP contribution in [0.3, 0.4) is 0 Å². The molecule has 1 amide bonds. The first-order valence-corrected chi connectivity index (χ1v) is 14.1. The molecule has 3 aromatic rings. The number of aromatic nitrogens is 3. The van der Waals surface area contributed by atoms with Crippen LogP contribution in [0.4, 0.5) is 0 Å². The van der Waals surface area contributed by atoms with Crippen molar-refractivity contribution in [3.05, 3.63) is 110 Å². The summed E-state index contributed by atoms with van der Waals surface area (Å²) in [4.78, 5) is 82.6. The lowest BCUT2D eigenvalue weighted by Gasteiger charge is -2.37. The van der Waals surface area contributed by atoms with Gasteiger partial charge in [0.1, 0.15) is 5.54 Å². The number of nitrogens with one attached hydrogen (secondary N) is 1. The van der Waals surface area contributed by atoms with E-state index in [1.54, 1.807) is 67.6 Å². The van der Waals surface area contributed by atoms with Gasteiger partial charge in [0, 0.05) is 29.0 Å². The Morgan fingerprint density at radius 2 is 1.50 bits per heavy atom. The molecular formula is C32H30N4O8. The largest absolute Gasteiger partial charge is 0.469 e. The number of fused-ring (bicyclic) bond motifs is 2. The minimum atomic E-state index is -1.71. The van der Waals surface area contributed by atoms with Crippen LogP contribution in [0.15, 0.2) is 93.0 Å². The number of esters is 2. The summed E-state index contributed by atoms with van der Waals surface area (Å²) in [5, 5.41) is 2.87. The van der Waals surface area contributed by atoms with Gasteiger partial charge in [-0.15, -0.1) is 0 Å². The number of hydrogen-bond acceptors (Lipinski definition) is 8. The molecule has 0 spiro atoms. The molecule has 1 aliphatic heterocycles. The van der Waals surface area contributed by atoms with Crippen molar-refractivity contribution in [2.45, 2.75) is 37.9 Å². The smallest absolute Gasteiger partial charge is 0.352 e. The van der Waals surface area contributed by atoms with Crippen molar-refractivity contribution in [3.8, 4) is 5.69 Å². The Kier molecular flexibility index (Phi) is 6.87. The van der Waals surface area contributed by atoms with Gasteiger partial charge >= 0.3 is 23.3 Å². The van der Waals surface area contributed by atoms with Gasteiger partial charge in [-0.3, -0.25) is 14.4 Å². The lowest BCUT2D eigenvalue weighted by atomic mass is 9.74. The SMILES string of the molecule is COC(=O)C1=C[C@@H](C(=O)OC)C2C3=C(C(=O)[C@]2(C)NC(=O)c2ccccc2)[C@H](C)n2c(=O)n(-c4ccccc4)c(=O)n2[C@@H]3C1. The molecule has 226 valence electrons. The fraction of sp³-hybridized carbons (Fsp3) is 0.312. The maximum absolute atomic E-state index is 14.6. The van der Waals surface area contributed by atoms with Crippen molar-refractivity contribution < 1.29 is 28.7 Å². The van der Waals surface area contributed by atoms with Gasteiger partial charge in [0.05, 0.1) is 37.9 Å². The molecule has 2 aliphatic carbocycles. The normalized spacial score (nSPS) is 25.4. The van der Waals surface area contributed by atoms with E-state index in [0.717, 1.165) is 4.57 Å². The summed E-state index contributed by atoms with van der Waals surface area (Å²) in [5.41, 5.74) is -1.81. The third kappa shape index (κ3) is 4.04. The van der Waals surface area contributed by atoms with Crippen LogP contribution in [0.25, 0.3) is 5.69 Å². The van der Waals surface area contributed by atoms with Crippen molar-refractivity contribution in [2.75, 3.05) is 14.2 Å². The average Bonchev–Trinajstić information content (AvgIpc) is 3.33. The van der Waals surface area contributed by atoms with Crippen LogP contribution in [0.1, 0.15) is 42.7 Å². The van der Waals surface area contributed by atoms with Gasteiger partial charge in [-0.2, -0.15) is 0 Å². The molecule has 2 heterocycles. The number of ether oxygens (including phenoxy) is 2. The second kappa shape index (κ2) is 10.5. The van der Waals surface area contributed by atoms with Gasteiger partial charge in [-0.05, 0) is 43.7 Å². The fourth-order valence-corrected chi connectivity index (χ4v) is 7.00. The minimum absolute atomic E-state index is 0.0613. The zero-order chi connectivity index (χ0) is 31.5. The van der Waals surface area contributed by atoms with E-state index >= 15 is 0 Å². The quantitative estimate of drug-likeness (QED) is 0.438. The third-order valence-corrected chi connectivity index (χ3v) is 8.93. The highest BCUT2D eigenvalue weighted by atomic mass is 16.5. The monoisotopic (exact) mass is 598 g/mol. The molecule has 0 radical (unpaired) electrons. The predicted octanol–water partition coefficient (Wildman–Crippen LogP) is 1.89. The van der Waals surface area contributed by atoms with Gasteiger partial charge in [0.15, 0.2) is 5.78 Å². The van der Waals surface area contributed by atoms with E-state index in [9.17, 15) is 28.8 Å². The molecule has 1 unspecified atom stereocenters. The number of hydrogen-bond donors (Lipinski definition) is 1. The summed E-state index contributed by atoms with van der Waals surface area (Å²) in [6, 6.07) is 14.7. The van der Waals surface area contributed by atoms with Gasteiger partial charge in [0.2, 0.25) is 0 Å². The number of para-hydroxylation sites is 1. The molecule has 6 rings (SSSR count). The van der Waals surface area contributed by atoms with Crippen LogP contribution in [0.2, 0.25) is 0 Å². The Morgan fingerprint density at radius 3 is 2.11 bits per heavy atom. The van der Waals surface area contributed by atoms with Gasteiger partial charge in [0.25, 0.3) is 5.91 Å². The second-order valence-electron chi connectivity index (χ2n) is 11.3. The van der Waals surface area contributed by atoms with E-state index in [0.29, 0.717) is 16.8 Å². The van der Waals surface area contributed by atoms with Gasteiger partial charge in [-0.1, -0.05) is 42.5 Å². The van der Waals surface area contributed by atoms with Gasteiger partial charge in [-0.25, -0.2) is 28.3 Å². The lowest BCUT2D eigenvalue weighted by Crippen LogP contribution is -2.57. The first kappa shape index (κ1) is 28.8. The standard InChI is InChI=1S/C32H30N4O8/c1-17-23-24-22(36-31(42)34(30(41)35(17)36)20-13-9-6-10-14-20)16-19(28(39)43-3)15-21(29(40)44-4)25(24)32(2,26(23)37)33-27(38)18-11-7-5-8-12-18/h5-15,17,21-22,25H,16H2,1-4H3,(H,33,38)/t17-,21+,22+,25?,32+/m0/s1. The average molecular weight is 599 g/mol. The van der Waals surface area contributed by atoms with E-state index in [-0.39, 0.29) is 17.6 Å². The Bertz CT molecular complexity index is 1900. The number of amides is 1. The number of benzene rings is 2. The molecule has 12 heteroatoms. The topological polar surface area (TPSA) is 148 Å². The maximum atomic E-state index is 14.6. The molecule has 0 saturated heterocycles. The summed E-state index contributed by atoms with van der Waals surface area (Å²) >= 11 is 0. The van der Waals surface area contributed by atoms with Crippen molar-refractivity contribution >= 4 is 23.6 Å².